The first kappa shape index (κ1) is 13.5. The maximum Gasteiger partial charge on any atom is 0.338 e. The Morgan fingerprint density at radius 3 is 2.41 bits per heavy atom. The number of benzene rings is 1. The lowest BCUT2D eigenvalue weighted by atomic mass is 10.2. The Bertz CT molecular complexity index is 332. The van der Waals surface area contributed by atoms with Gasteiger partial charge in [0.15, 0.2) is 0 Å². The molecular weight excluding hydrogens is 220 g/mol. The van der Waals surface area contributed by atoms with E-state index in [-0.39, 0.29) is 12.6 Å². The normalized spacial score (nSPS) is 10.0. The molecule has 0 bridgehead atoms. The standard InChI is InChI=1S/C13H18O4/c1-3-8-16-12-6-4-11(5-7-12)13(14)17-10-9-15-2/h4-7H,3,8-10H2,1-2H3. The van der Waals surface area contributed by atoms with Crippen molar-refractivity contribution in [3.8, 4) is 5.75 Å². The first-order valence-electron chi connectivity index (χ1n) is 5.67. The molecule has 0 aliphatic heterocycles. The van der Waals surface area contributed by atoms with Gasteiger partial charge in [-0.15, -0.1) is 0 Å². The summed E-state index contributed by atoms with van der Waals surface area (Å²) in [6, 6.07) is 6.92. The van der Waals surface area contributed by atoms with Crippen LogP contribution in [0.25, 0.3) is 0 Å². The summed E-state index contributed by atoms with van der Waals surface area (Å²) >= 11 is 0. The number of ether oxygens (including phenoxy) is 3. The van der Waals surface area contributed by atoms with Gasteiger partial charge in [0.25, 0.3) is 0 Å². The van der Waals surface area contributed by atoms with Crippen molar-refractivity contribution < 1.29 is 19.0 Å². The van der Waals surface area contributed by atoms with Crippen LogP contribution >= 0.6 is 0 Å². The minimum absolute atomic E-state index is 0.267. The second kappa shape index (κ2) is 7.68. The predicted octanol–water partition coefficient (Wildman–Crippen LogP) is 2.28. The summed E-state index contributed by atoms with van der Waals surface area (Å²) in [5.41, 5.74) is 0.518. The van der Waals surface area contributed by atoms with E-state index < -0.39 is 0 Å². The topological polar surface area (TPSA) is 44.8 Å². The molecule has 0 spiro atoms. The summed E-state index contributed by atoms with van der Waals surface area (Å²) in [5.74, 6) is 0.421. The molecule has 0 N–H and O–H groups in total. The van der Waals surface area contributed by atoms with E-state index in [1.807, 2.05) is 6.92 Å². The Hall–Kier alpha value is -1.55. The van der Waals surface area contributed by atoms with Gasteiger partial charge in [0.05, 0.1) is 18.8 Å². The van der Waals surface area contributed by atoms with E-state index in [9.17, 15) is 4.79 Å². The summed E-state index contributed by atoms with van der Waals surface area (Å²) in [6.45, 7) is 3.39. The van der Waals surface area contributed by atoms with Gasteiger partial charge >= 0.3 is 5.97 Å². The third kappa shape index (κ3) is 4.87. The molecule has 4 nitrogen and oxygen atoms in total. The molecule has 1 aromatic rings. The average Bonchev–Trinajstić information content (AvgIpc) is 2.37. The van der Waals surface area contributed by atoms with Crippen LogP contribution in [0, 0.1) is 0 Å². The highest BCUT2D eigenvalue weighted by molar-refractivity contribution is 5.89. The molecule has 0 fully saturated rings. The van der Waals surface area contributed by atoms with Gasteiger partial charge in [-0.2, -0.15) is 0 Å². The molecule has 0 unspecified atom stereocenters. The molecule has 0 radical (unpaired) electrons. The quantitative estimate of drug-likeness (QED) is 0.540. The van der Waals surface area contributed by atoms with Crippen LogP contribution in [-0.2, 0) is 9.47 Å². The zero-order valence-electron chi connectivity index (χ0n) is 10.3. The highest BCUT2D eigenvalue weighted by Crippen LogP contribution is 2.13. The molecule has 0 saturated heterocycles. The van der Waals surface area contributed by atoms with Gasteiger partial charge in [-0.25, -0.2) is 4.79 Å². The lowest BCUT2D eigenvalue weighted by Crippen LogP contribution is -2.09. The van der Waals surface area contributed by atoms with Crippen molar-refractivity contribution >= 4 is 5.97 Å². The minimum atomic E-state index is -0.343. The van der Waals surface area contributed by atoms with Gasteiger partial charge in [-0.3, -0.25) is 0 Å². The van der Waals surface area contributed by atoms with Crippen molar-refractivity contribution in [1.82, 2.24) is 0 Å². The second-order valence-electron chi connectivity index (χ2n) is 3.50. The smallest absolute Gasteiger partial charge is 0.338 e. The molecular formula is C13H18O4. The number of carbonyl (C=O) groups excluding carboxylic acids is 1. The van der Waals surface area contributed by atoms with E-state index in [1.54, 1.807) is 31.4 Å². The van der Waals surface area contributed by atoms with E-state index in [2.05, 4.69) is 0 Å². The van der Waals surface area contributed by atoms with Gasteiger partial charge in [-0.1, -0.05) is 6.92 Å². The summed E-state index contributed by atoms with van der Waals surface area (Å²) in [6.07, 6.45) is 0.959. The molecule has 4 heteroatoms. The maximum atomic E-state index is 11.5. The fourth-order valence-corrected chi connectivity index (χ4v) is 1.21. The van der Waals surface area contributed by atoms with E-state index in [4.69, 9.17) is 14.2 Å². The van der Waals surface area contributed by atoms with Crippen LogP contribution in [-0.4, -0.2) is 32.9 Å². The molecule has 94 valence electrons. The van der Waals surface area contributed by atoms with Gasteiger partial charge < -0.3 is 14.2 Å². The van der Waals surface area contributed by atoms with E-state index in [0.29, 0.717) is 18.8 Å². The van der Waals surface area contributed by atoms with Crippen molar-refractivity contribution in [3.05, 3.63) is 29.8 Å². The summed E-state index contributed by atoms with van der Waals surface area (Å²) in [5, 5.41) is 0. The van der Waals surface area contributed by atoms with Crippen molar-refractivity contribution in [2.45, 2.75) is 13.3 Å². The third-order valence-electron chi connectivity index (χ3n) is 2.08. The SMILES string of the molecule is CCCOc1ccc(C(=O)OCCOC)cc1. The second-order valence-corrected chi connectivity index (χ2v) is 3.50. The van der Waals surface area contributed by atoms with Crippen molar-refractivity contribution in [3.63, 3.8) is 0 Å². The maximum absolute atomic E-state index is 11.5. The van der Waals surface area contributed by atoms with Gasteiger partial charge in [0.2, 0.25) is 0 Å². The zero-order chi connectivity index (χ0) is 12.5. The summed E-state index contributed by atoms with van der Waals surface area (Å²) in [4.78, 5) is 11.5. The Balaban J connectivity index is 2.46. The molecule has 0 heterocycles. The van der Waals surface area contributed by atoms with Crippen LogP contribution in [0.1, 0.15) is 23.7 Å². The van der Waals surface area contributed by atoms with Crippen LogP contribution in [0.15, 0.2) is 24.3 Å². The van der Waals surface area contributed by atoms with Crippen LogP contribution in [0.3, 0.4) is 0 Å². The average molecular weight is 238 g/mol. The van der Waals surface area contributed by atoms with Gasteiger partial charge in [-0.05, 0) is 30.7 Å². The summed E-state index contributed by atoms with van der Waals surface area (Å²) < 4.78 is 15.2. The fourth-order valence-electron chi connectivity index (χ4n) is 1.21. The van der Waals surface area contributed by atoms with Crippen molar-refractivity contribution in [2.75, 3.05) is 26.9 Å². The molecule has 1 aromatic carbocycles. The molecule has 0 aliphatic rings. The number of esters is 1. The Morgan fingerprint density at radius 2 is 1.82 bits per heavy atom. The number of methoxy groups -OCH3 is 1. The minimum Gasteiger partial charge on any atom is -0.494 e. The van der Waals surface area contributed by atoms with Crippen LogP contribution in [0.5, 0.6) is 5.75 Å². The van der Waals surface area contributed by atoms with Crippen molar-refractivity contribution in [2.24, 2.45) is 0 Å². The fraction of sp³-hybridized carbons (Fsp3) is 0.462. The Morgan fingerprint density at radius 1 is 1.12 bits per heavy atom. The first-order chi connectivity index (χ1) is 8.27. The molecule has 0 saturated carbocycles. The third-order valence-corrected chi connectivity index (χ3v) is 2.08. The van der Waals surface area contributed by atoms with E-state index in [0.717, 1.165) is 12.2 Å². The molecule has 1 rings (SSSR count). The molecule has 0 atom stereocenters. The monoisotopic (exact) mass is 238 g/mol. The van der Waals surface area contributed by atoms with Crippen molar-refractivity contribution in [1.29, 1.82) is 0 Å². The summed E-state index contributed by atoms with van der Waals surface area (Å²) in [7, 11) is 1.56. The van der Waals surface area contributed by atoms with E-state index in [1.165, 1.54) is 0 Å². The molecule has 0 aromatic heterocycles. The Labute approximate surface area is 101 Å². The highest BCUT2D eigenvalue weighted by atomic mass is 16.6. The molecule has 0 aliphatic carbocycles. The number of carbonyl (C=O) groups is 1. The van der Waals surface area contributed by atoms with Crippen LogP contribution < -0.4 is 4.74 Å². The lowest BCUT2D eigenvalue weighted by Gasteiger charge is -2.06. The first-order valence-corrected chi connectivity index (χ1v) is 5.67. The molecule has 17 heavy (non-hydrogen) atoms. The predicted molar refractivity (Wildman–Crippen MR) is 64.4 cm³/mol. The van der Waals surface area contributed by atoms with Crippen LogP contribution in [0.4, 0.5) is 0 Å². The highest BCUT2D eigenvalue weighted by Gasteiger charge is 2.06. The largest absolute Gasteiger partial charge is 0.494 e. The number of hydrogen-bond acceptors (Lipinski definition) is 4. The van der Waals surface area contributed by atoms with Crippen LogP contribution in [0.2, 0.25) is 0 Å². The van der Waals surface area contributed by atoms with E-state index >= 15 is 0 Å². The number of hydrogen-bond donors (Lipinski definition) is 0. The Kier molecular flexibility index (Phi) is 6.10. The molecule has 0 amide bonds. The van der Waals surface area contributed by atoms with Gasteiger partial charge in [0.1, 0.15) is 12.4 Å². The number of rotatable bonds is 7. The lowest BCUT2D eigenvalue weighted by molar-refractivity contribution is 0.0388. The zero-order valence-corrected chi connectivity index (χ0v) is 10.3. The van der Waals surface area contributed by atoms with Gasteiger partial charge in [0, 0.05) is 7.11 Å².